The van der Waals surface area contributed by atoms with Crippen molar-refractivity contribution in [1.29, 1.82) is 0 Å². The van der Waals surface area contributed by atoms with Gasteiger partial charge in [0.1, 0.15) is 0 Å². The van der Waals surface area contributed by atoms with Gasteiger partial charge in [-0.05, 0) is 32.1 Å². The maximum atomic E-state index is 3.76. The van der Waals surface area contributed by atoms with Crippen molar-refractivity contribution < 1.29 is 0 Å². The third-order valence-electron chi connectivity index (χ3n) is 1.97. The minimum Gasteiger partial charge on any atom is -0.0883 e. The maximum absolute atomic E-state index is 3.76. The molecular weight excluding hydrogens is 108 g/mol. The monoisotopic (exact) mass is 123 g/mol. The fraction of sp³-hybridized carbons (Fsp3) is 0.667. The third kappa shape index (κ3) is 2.21. The molecular formula is C9H15. The molecule has 1 aliphatic carbocycles. The van der Waals surface area contributed by atoms with Crippen molar-refractivity contribution in [2.24, 2.45) is 5.92 Å². The molecule has 0 heteroatoms. The van der Waals surface area contributed by atoms with Crippen LogP contribution in [0.4, 0.5) is 0 Å². The van der Waals surface area contributed by atoms with E-state index in [-0.39, 0.29) is 0 Å². The summed E-state index contributed by atoms with van der Waals surface area (Å²) in [7, 11) is 0. The van der Waals surface area contributed by atoms with E-state index in [1.807, 2.05) is 0 Å². The van der Waals surface area contributed by atoms with Gasteiger partial charge < -0.3 is 0 Å². The van der Waals surface area contributed by atoms with E-state index in [0.29, 0.717) is 0 Å². The molecule has 1 saturated carbocycles. The molecule has 1 fully saturated rings. The van der Waals surface area contributed by atoms with Crippen LogP contribution in [0.15, 0.2) is 12.2 Å². The van der Waals surface area contributed by atoms with E-state index >= 15 is 0 Å². The fourth-order valence-electron chi connectivity index (χ4n) is 1.44. The molecule has 1 rings (SSSR count). The van der Waals surface area contributed by atoms with Crippen molar-refractivity contribution in [1.82, 2.24) is 0 Å². The van der Waals surface area contributed by atoms with Crippen LogP contribution < -0.4 is 0 Å². The molecule has 9 heavy (non-hydrogen) atoms. The smallest absolute Gasteiger partial charge is 0.0234 e. The highest BCUT2D eigenvalue weighted by Gasteiger charge is 2.10. The number of allylic oxidation sites excluding steroid dienone is 2. The van der Waals surface area contributed by atoms with Gasteiger partial charge >= 0.3 is 0 Å². The van der Waals surface area contributed by atoms with Crippen molar-refractivity contribution in [2.75, 3.05) is 0 Å². The van der Waals surface area contributed by atoms with Crippen molar-refractivity contribution in [3.8, 4) is 0 Å². The van der Waals surface area contributed by atoms with Crippen LogP contribution in [-0.2, 0) is 0 Å². The summed E-state index contributed by atoms with van der Waals surface area (Å²) in [6.45, 7) is 3.76. The van der Waals surface area contributed by atoms with E-state index in [0.717, 1.165) is 12.3 Å². The van der Waals surface area contributed by atoms with Gasteiger partial charge in [-0.3, -0.25) is 0 Å². The van der Waals surface area contributed by atoms with Crippen molar-refractivity contribution in [3.05, 3.63) is 19.1 Å². The molecule has 51 valence electrons. The van der Waals surface area contributed by atoms with Gasteiger partial charge in [0.2, 0.25) is 0 Å². The second-order valence-electron chi connectivity index (χ2n) is 2.76. The molecule has 0 saturated heterocycles. The number of rotatable bonds is 2. The molecule has 0 heterocycles. The van der Waals surface area contributed by atoms with E-state index < -0.39 is 0 Å². The van der Waals surface area contributed by atoms with Crippen molar-refractivity contribution >= 4 is 0 Å². The highest BCUT2D eigenvalue weighted by Crippen LogP contribution is 2.25. The van der Waals surface area contributed by atoms with Crippen LogP contribution in [0.3, 0.4) is 0 Å². The topological polar surface area (TPSA) is 0 Å². The molecule has 0 nitrogen and oxygen atoms in total. The number of hydrogen-bond acceptors (Lipinski definition) is 0. The summed E-state index contributed by atoms with van der Waals surface area (Å²) in [6, 6.07) is 0. The zero-order valence-corrected chi connectivity index (χ0v) is 5.97. The van der Waals surface area contributed by atoms with Crippen LogP contribution in [0.1, 0.15) is 32.1 Å². The molecule has 0 unspecified atom stereocenters. The Morgan fingerprint density at radius 2 is 2.00 bits per heavy atom. The van der Waals surface area contributed by atoms with Crippen LogP contribution in [0.5, 0.6) is 0 Å². The summed E-state index contributed by atoms with van der Waals surface area (Å²) < 4.78 is 0. The van der Waals surface area contributed by atoms with Gasteiger partial charge in [0.15, 0.2) is 0 Å². The lowest BCUT2D eigenvalue weighted by atomic mass is 10.1. The highest BCUT2D eigenvalue weighted by molar-refractivity contribution is 4.90. The molecule has 0 bridgehead atoms. The van der Waals surface area contributed by atoms with E-state index in [2.05, 4.69) is 19.1 Å². The van der Waals surface area contributed by atoms with Crippen LogP contribution >= 0.6 is 0 Å². The Morgan fingerprint density at radius 1 is 1.33 bits per heavy atom. The predicted molar refractivity (Wildman–Crippen MR) is 41.1 cm³/mol. The first-order valence-corrected chi connectivity index (χ1v) is 3.89. The standard InChI is InChI=1S/C9H15/c1-2-3-6-9-7-4-5-8-9/h3,6,9H,1-2,4-5,7-8H2. The van der Waals surface area contributed by atoms with Crippen LogP contribution in [0.2, 0.25) is 0 Å². The lowest BCUT2D eigenvalue weighted by molar-refractivity contribution is 0.684. The van der Waals surface area contributed by atoms with E-state index in [1.54, 1.807) is 0 Å². The summed E-state index contributed by atoms with van der Waals surface area (Å²) in [5.74, 6) is 0.895. The maximum Gasteiger partial charge on any atom is -0.0234 e. The SMILES string of the molecule is [CH2]CC=CC1CCCC1. The Morgan fingerprint density at radius 3 is 2.56 bits per heavy atom. The zero-order chi connectivity index (χ0) is 6.53. The van der Waals surface area contributed by atoms with Crippen LogP contribution in [0, 0.1) is 12.8 Å². The Labute approximate surface area is 58.0 Å². The van der Waals surface area contributed by atoms with E-state index in [9.17, 15) is 0 Å². The molecule has 0 atom stereocenters. The molecule has 0 amide bonds. The highest BCUT2D eigenvalue weighted by atomic mass is 14.2. The van der Waals surface area contributed by atoms with Gasteiger partial charge in [-0.25, -0.2) is 0 Å². The minimum absolute atomic E-state index is 0.895. The Balaban J connectivity index is 2.18. The fourth-order valence-corrected chi connectivity index (χ4v) is 1.44. The van der Waals surface area contributed by atoms with Gasteiger partial charge in [0, 0.05) is 0 Å². The Kier molecular flexibility index (Phi) is 2.82. The molecule has 0 aromatic heterocycles. The molecule has 0 N–H and O–H groups in total. The first-order valence-electron chi connectivity index (χ1n) is 3.89. The van der Waals surface area contributed by atoms with Crippen LogP contribution in [0.25, 0.3) is 0 Å². The summed E-state index contributed by atoms with van der Waals surface area (Å²) >= 11 is 0. The third-order valence-corrected chi connectivity index (χ3v) is 1.97. The molecule has 0 spiro atoms. The quantitative estimate of drug-likeness (QED) is 0.495. The second-order valence-corrected chi connectivity index (χ2v) is 2.76. The van der Waals surface area contributed by atoms with Gasteiger partial charge in [-0.2, -0.15) is 0 Å². The minimum atomic E-state index is 0.895. The first-order chi connectivity index (χ1) is 4.43. The molecule has 0 aromatic carbocycles. The van der Waals surface area contributed by atoms with E-state index in [4.69, 9.17) is 0 Å². The summed E-state index contributed by atoms with van der Waals surface area (Å²) in [4.78, 5) is 0. The Bertz CT molecular complexity index is 86.2. The molecule has 1 radical (unpaired) electrons. The average molecular weight is 123 g/mol. The average Bonchev–Trinajstić information content (AvgIpc) is 2.34. The van der Waals surface area contributed by atoms with Crippen LogP contribution in [-0.4, -0.2) is 0 Å². The van der Waals surface area contributed by atoms with Gasteiger partial charge in [-0.15, -0.1) is 0 Å². The van der Waals surface area contributed by atoms with Crippen molar-refractivity contribution in [2.45, 2.75) is 32.1 Å². The summed E-state index contributed by atoms with van der Waals surface area (Å²) in [5, 5.41) is 0. The predicted octanol–water partition coefficient (Wildman–Crippen LogP) is 2.96. The summed E-state index contributed by atoms with van der Waals surface area (Å²) in [5.41, 5.74) is 0. The zero-order valence-electron chi connectivity index (χ0n) is 5.97. The lowest BCUT2D eigenvalue weighted by Crippen LogP contribution is -1.84. The first kappa shape index (κ1) is 6.85. The summed E-state index contributed by atoms with van der Waals surface area (Å²) in [6.07, 6.45) is 11.2. The van der Waals surface area contributed by atoms with Gasteiger partial charge in [0.25, 0.3) is 0 Å². The Hall–Kier alpha value is -0.260. The number of hydrogen-bond donors (Lipinski definition) is 0. The largest absolute Gasteiger partial charge is 0.0883 e. The lowest BCUT2D eigenvalue weighted by Gasteiger charge is -1.97. The molecule has 0 aromatic rings. The van der Waals surface area contributed by atoms with Gasteiger partial charge in [-0.1, -0.05) is 25.0 Å². The van der Waals surface area contributed by atoms with Gasteiger partial charge in [0.05, 0.1) is 0 Å². The molecule has 1 aliphatic rings. The molecule has 0 aliphatic heterocycles. The van der Waals surface area contributed by atoms with Crippen molar-refractivity contribution in [3.63, 3.8) is 0 Å². The normalized spacial score (nSPS) is 21.9. The second kappa shape index (κ2) is 3.71. The van der Waals surface area contributed by atoms with E-state index in [1.165, 1.54) is 25.7 Å².